The molecule has 12 aromatic rings. The molecular formula is C62H41N. The zero-order chi connectivity index (χ0) is 41.7. The van der Waals surface area contributed by atoms with Crippen LogP contribution in [0.5, 0.6) is 0 Å². The van der Waals surface area contributed by atoms with Crippen LogP contribution in [0.15, 0.2) is 249 Å². The molecule has 63 heavy (non-hydrogen) atoms. The van der Waals surface area contributed by atoms with Gasteiger partial charge in [0, 0.05) is 17.1 Å². The van der Waals surface area contributed by atoms with Gasteiger partial charge < -0.3 is 4.90 Å². The monoisotopic (exact) mass is 799 g/mol. The molecule has 12 rings (SSSR count). The number of rotatable bonds is 7. The van der Waals surface area contributed by atoms with Gasteiger partial charge in [0.2, 0.25) is 0 Å². The molecule has 0 atom stereocenters. The Morgan fingerprint density at radius 3 is 0.810 bits per heavy atom. The van der Waals surface area contributed by atoms with Gasteiger partial charge in [-0.15, -0.1) is 0 Å². The van der Waals surface area contributed by atoms with E-state index in [9.17, 15) is 0 Å². The lowest BCUT2D eigenvalue weighted by Gasteiger charge is -2.27. The van der Waals surface area contributed by atoms with Crippen LogP contribution in [-0.4, -0.2) is 0 Å². The van der Waals surface area contributed by atoms with Crippen molar-refractivity contribution < 1.29 is 0 Å². The van der Waals surface area contributed by atoms with Crippen LogP contribution in [0.1, 0.15) is 0 Å². The Balaban J connectivity index is 1.01. The third-order valence-corrected chi connectivity index (χ3v) is 12.8. The van der Waals surface area contributed by atoms with E-state index in [1.165, 1.54) is 98.4 Å². The van der Waals surface area contributed by atoms with E-state index in [1.54, 1.807) is 0 Å². The minimum atomic E-state index is 1.10. The summed E-state index contributed by atoms with van der Waals surface area (Å²) < 4.78 is 0. The van der Waals surface area contributed by atoms with Gasteiger partial charge in [0.05, 0.1) is 0 Å². The van der Waals surface area contributed by atoms with Crippen molar-refractivity contribution in [2.45, 2.75) is 0 Å². The van der Waals surface area contributed by atoms with Crippen LogP contribution >= 0.6 is 0 Å². The highest BCUT2D eigenvalue weighted by atomic mass is 15.1. The first-order valence-corrected chi connectivity index (χ1v) is 21.8. The SMILES string of the molecule is c1ccc(-c2c3ccccc3c(-c3ccc(N(c4ccc(-c5c6ccccc6c(-c6ccccc6)c6ccccc56)cc4)c4ccc5ccccc5c4)cc3)c3ccccc23)cc1. The molecule has 0 saturated carbocycles. The van der Waals surface area contributed by atoms with E-state index in [-0.39, 0.29) is 0 Å². The van der Waals surface area contributed by atoms with Crippen LogP contribution in [-0.2, 0) is 0 Å². The predicted octanol–water partition coefficient (Wildman–Crippen LogP) is 17.6. The number of hydrogen-bond acceptors (Lipinski definition) is 1. The van der Waals surface area contributed by atoms with Crippen molar-refractivity contribution in [1.29, 1.82) is 0 Å². The Morgan fingerprint density at radius 2 is 0.460 bits per heavy atom. The molecule has 0 aliphatic heterocycles. The standard InChI is InChI=1S/C62H41N/c1-3-18-43(19-4-1)59-51-23-9-13-27-55(51)61(56-28-14-10-24-52(56)59)45-32-36-48(37-33-45)63(50-40-31-42-17-7-8-22-47(42)41-50)49-38-34-46(35-39-49)62-57-29-15-11-25-53(57)60(44-20-5-2-6-21-44)54-26-12-16-30-58(54)62/h1-41H. The third kappa shape index (κ3) is 6.25. The summed E-state index contributed by atoms with van der Waals surface area (Å²) in [5.74, 6) is 0. The summed E-state index contributed by atoms with van der Waals surface area (Å²) in [7, 11) is 0. The Morgan fingerprint density at radius 1 is 0.190 bits per heavy atom. The molecule has 0 radical (unpaired) electrons. The molecule has 1 nitrogen and oxygen atoms in total. The second kappa shape index (κ2) is 15.3. The summed E-state index contributed by atoms with van der Waals surface area (Å²) >= 11 is 0. The van der Waals surface area contributed by atoms with Gasteiger partial charge >= 0.3 is 0 Å². The fourth-order valence-corrected chi connectivity index (χ4v) is 10.0. The highest BCUT2D eigenvalue weighted by Gasteiger charge is 2.20. The Labute approximate surface area is 367 Å². The molecule has 0 unspecified atom stereocenters. The predicted molar refractivity (Wildman–Crippen MR) is 270 cm³/mol. The molecule has 294 valence electrons. The first-order chi connectivity index (χ1) is 31.3. The normalized spacial score (nSPS) is 11.5. The topological polar surface area (TPSA) is 3.24 Å². The van der Waals surface area contributed by atoms with Gasteiger partial charge in [0.25, 0.3) is 0 Å². The Bertz CT molecular complexity index is 3330. The van der Waals surface area contributed by atoms with E-state index in [0.29, 0.717) is 0 Å². The lowest BCUT2D eigenvalue weighted by Crippen LogP contribution is -2.10. The average molecular weight is 800 g/mol. The Hall–Kier alpha value is -8.26. The summed E-state index contributed by atoms with van der Waals surface area (Å²) in [5, 5.41) is 12.5. The zero-order valence-electron chi connectivity index (χ0n) is 34.6. The van der Waals surface area contributed by atoms with Gasteiger partial charge in [-0.25, -0.2) is 0 Å². The third-order valence-electron chi connectivity index (χ3n) is 12.8. The molecule has 0 bridgehead atoms. The minimum Gasteiger partial charge on any atom is -0.310 e. The first kappa shape index (κ1) is 36.6. The summed E-state index contributed by atoms with van der Waals surface area (Å²) in [6.07, 6.45) is 0. The van der Waals surface area contributed by atoms with Gasteiger partial charge in [-0.2, -0.15) is 0 Å². The number of nitrogens with zero attached hydrogens (tertiary/aromatic N) is 1. The summed E-state index contributed by atoms with van der Waals surface area (Å²) in [5.41, 5.74) is 13.2. The highest BCUT2D eigenvalue weighted by Crippen LogP contribution is 2.47. The van der Waals surface area contributed by atoms with Crippen LogP contribution in [0, 0.1) is 0 Å². The highest BCUT2D eigenvalue weighted by molar-refractivity contribution is 6.22. The van der Waals surface area contributed by atoms with Crippen LogP contribution in [0.25, 0.3) is 98.4 Å². The largest absolute Gasteiger partial charge is 0.310 e. The van der Waals surface area contributed by atoms with E-state index in [4.69, 9.17) is 0 Å². The molecule has 0 fully saturated rings. The smallest absolute Gasteiger partial charge is 0.0468 e. The van der Waals surface area contributed by atoms with Crippen LogP contribution < -0.4 is 4.90 Å². The van der Waals surface area contributed by atoms with Crippen molar-refractivity contribution in [3.8, 4) is 44.5 Å². The molecule has 1 heteroatoms. The van der Waals surface area contributed by atoms with Crippen LogP contribution in [0.3, 0.4) is 0 Å². The summed E-state index contributed by atoms with van der Waals surface area (Å²) in [6, 6.07) is 90.9. The van der Waals surface area contributed by atoms with Crippen molar-refractivity contribution in [2.24, 2.45) is 0 Å². The maximum absolute atomic E-state index is 2.39. The molecule has 12 aromatic carbocycles. The molecule has 0 amide bonds. The molecule has 0 N–H and O–H groups in total. The van der Waals surface area contributed by atoms with Crippen molar-refractivity contribution >= 4 is 70.9 Å². The van der Waals surface area contributed by atoms with E-state index >= 15 is 0 Å². The maximum atomic E-state index is 2.39. The molecule has 0 spiro atoms. The van der Waals surface area contributed by atoms with E-state index < -0.39 is 0 Å². The average Bonchev–Trinajstić information content (AvgIpc) is 3.36. The second-order valence-electron chi connectivity index (χ2n) is 16.4. The molecule has 0 aliphatic carbocycles. The lowest BCUT2D eigenvalue weighted by atomic mass is 9.86. The molecule has 0 heterocycles. The molecule has 0 aliphatic rings. The maximum Gasteiger partial charge on any atom is 0.0468 e. The van der Waals surface area contributed by atoms with E-state index in [1.807, 2.05) is 0 Å². The number of fused-ring (bicyclic) bond motifs is 5. The fraction of sp³-hybridized carbons (Fsp3) is 0. The first-order valence-electron chi connectivity index (χ1n) is 21.8. The molecule has 0 aromatic heterocycles. The van der Waals surface area contributed by atoms with Crippen molar-refractivity contribution in [3.63, 3.8) is 0 Å². The molecular weight excluding hydrogens is 759 g/mol. The van der Waals surface area contributed by atoms with Gasteiger partial charge in [-0.1, -0.05) is 212 Å². The number of anilines is 3. The quantitative estimate of drug-likeness (QED) is 0.145. The van der Waals surface area contributed by atoms with Gasteiger partial charge in [0.1, 0.15) is 0 Å². The van der Waals surface area contributed by atoms with Crippen LogP contribution in [0.4, 0.5) is 17.1 Å². The zero-order valence-corrected chi connectivity index (χ0v) is 34.6. The van der Waals surface area contributed by atoms with E-state index in [2.05, 4.69) is 254 Å². The second-order valence-corrected chi connectivity index (χ2v) is 16.4. The van der Waals surface area contributed by atoms with Crippen molar-refractivity contribution in [3.05, 3.63) is 249 Å². The van der Waals surface area contributed by atoms with Gasteiger partial charge in [0.15, 0.2) is 0 Å². The number of hydrogen-bond donors (Lipinski definition) is 0. The van der Waals surface area contributed by atoms with Crippen LogP contribution in [0.2, 0.25) is 0 Å². The lowest BCUT2D eigenvalue weighted by molar-refractivity contribution is 1.29. The van der Waals surface area contributed by atoms with E-state index in [0.717, 1.165) is 17.1 Å². The Kier molecular flexibility index (Phi) is 8.90. The van der Waals surface area contributed by atoms with Gasteiger partial charge in [-0.05, 0) is 135 Å². The fourth-order valence-electron chi connectivity index (χ4n) is 10.0. The number of benzene rings is 12. The van der Waals surface area contributed by atoms with Crippen molar-refractivity contribution in [1.82, 2.24) is 0 Å². The van der Waals surface area contributed by atoms with Gasteiger partial charge in [-0.3, -0.25) is 0 Å². The molecule has 0 saturated heterocycles. The summed E-state index contributed by atoms with van der Waals surface area (Å²) in [4.78, 5) is 2.39. The minimum absolute atomic E-state index is 1.10. The van der Waals surface area contributed by atoms with Crippen molar-refractivity contribution in [2.75, 3.05) is 4.90 Å². The summed E-state index contributed by atoms with van der Waals surface area (Å²) in [6.45, 7) is 0.